The number of anilines is 2. The summed E-state index contributed by atoms with van der Waals surface area (Å²) < 4.78 is 28.0. The molecule has 0 aliphatic heterocycles. The van der Waals surface area contributed by atoms with Crippen molar-refractivity contribution in [3.63, 3.8) is 0 Å². The van der Waals surface area contributed by atoms with Crippen LogP contribution in [0.4, 0.5) is 10.8 Å². The van der Waals surface area contributed by atoms with E-state index in [0.717, 1.165) is 3.79 Å². The third-order valence-corrected chi connectivity index (χ3v) is 5.61. The van der Waals surface area contributed by atoms with Crippen LogP contribution in [0.15, 0.2) is 27.0 Å². The van der Waals surface area contributed by atoms with E-state index in [1.165, 1.54) is 11.3 Å². The van der Waals surface area contributed by atoms with E-state index in [1.807, 2.05) is 0 Å². The van der Waals surface area contributed by atoms with Crippen molar-refractivity contribution in [1.82, 2.24) is 4.98 Å². The number of halogens is 1. The highest BCUT2D eigenvalue weighted by Gasteiger charge is 2.21. The van der Waals surface area contributed by atoms with Gasteiger partial charge in [-0.1, -0.05) is 11.3 Å². The molecule has 0 unspecified atom stereocenters. The molecular formula is C11H12BrN3O2S2. The first-order valence-corrected chi connectivity index (χ1v) is 8.40. The Hall–Kier alpha value is -1.12. The van der Waals surface area contributed by atoms with Crippen molar-refractivity contribution in [3.05, 3.63) is 33.2 Å². The minimum Gasteiger partial charge on any atom is -0.399 e. The van der Waals surface area contributed by atoms with E-state index in [0.29, 0.717) is 21.9 Å². The van der Waals surface area contributed by atoms with Gasteiger partial charge in [0, 0.05) is 5.69 Å². The van der Waals surface area contributed by atoms with E-state index in [4.69, 9.17) is 5.73 Å². The molecule has 0 radical (unpaired) electrons. The zero-order valence-corrected chi connectivity index (χ0v) is 13.5. The predicted molar refractivity (Wildman–Crippen MR) is 81.0 cm³/mol. The number of nitrogens with two attached hydrogens (primary N) is 1. The smallest absolute Gasteiger partial charge is 0.264 e. The molecule has 1 aromatic heterocycles. The highest BCUT2D eigenvalue weighted by atomic mass is 79.9. The van der Waals surface area contributed by atoms with Crippen molar-refractivity contribution in [1.29, 1.82) is 0 Å². The van der Waals surface area contributed by atoms with Gasteiger partial charge in [0.1, 0.15) is 0 Å². The second-order valence-electron chi connectivity index (χ2n) is 4.06. The summed E-state index contributed by atoms with van der Waals surface area (Å²) in [6.07, 6.45) is 1.55. The van der Waals surface area contributed by atoms with Gasteiger partial charge >= 0.3 is 0 Å². The van der Waals surface area contributed by atoms with Crippen LogP contribution in [0.3, 0.4) is 0 Å². The number of nitrogens with one attached hydrogen (secondary N) is 1. The Morgan fingerprint density at radius 3 is 2.37 bits per heavy atom. The molecule has 1 aromatic carbocycles. The number of nitrogen functional groups attached to an aromatic ring is 1. The molecule has 0 aliphatic carbocycles. The molecule has 0 amide bonds. The summed E-state index contributed by atoms with van der Waals surface area (Å²) in [6, 6.07) is 3.28. The number of aromatic nitrogens is 1. The minimum atomic E-state index is -3.66. The van der Waals surface area contributed by atoms with Gasteiger partial charge in [-0.25, -0.2) is 13.4 Å². The van der Waals surface area contributed by atoms with Crippen LogP contribution in [-0.2, 0) is 10.0 Å². The van der Waals surface area contributed by atoms with Gasteiger partial charge < -0.3 is 5.73 Å². The van der Waals surface area contributed by atoms with Gasteiger partial charge in [-0.15, -0.1) is 0 Å². The van der Waals surface area contributed by atoms with Gasteiger partial charge in [-0.2, -0.15) is 0 Å². The Morgan fingerprint density at radius 1 is 1.32 bits per heavy atom. The third-order valence-electron chi connectivity index (χ3n) is 2.45. The van der Waals surface area contributed by atoms with Crippen LogP contribution in [0.1, 0.15) is 11.1 Å². The maximum atomic E-state index is 12.4. The molecule has 0 atom stereocenters. The molecule has 0 saturated carbocycles. The summed E-state index contributed by atoms with van der Waals surface area (Å²) in [4.78, 5) is 4.20. The van der Waals surface area contributed by atoms with Gasteiger partial charge in [-0.3, -0.25) is 4.72 Å². The van der Waals surface area contributed by atoms with Gasteiger partial charge in [0.15, 0.2) is 5.13 Å². The second-order valence-corrected chi connectivity index (χ2v) is 8.09. The molecule has 102 valence electrons. The fourth-order valence-electron chi connectivity index (χ4n) is 1.88. The molecule has 0 bridgehead atoms. The van der Waals surface area contributed by atoms with Crippen LogP contribution in [0.5, 0.6) is 0 Å². The lowest BCUT2D eigenvalue weighted by molar-refractivity contribution is 0.600. The number of benzene rings is 1. The van der Waals surface area contributed by atoms with E-state index < -0.39 is 10.0 Å². The Bertz CT molecular complexity index is 702. The van der Waals surface area contributed by atoms with Crippen molar-refractivity contribution in [2.24, 2.45) is 0 Å². The number of sulfonamides is 1. The highest BCUT2D eigenvalue weighted by molar-refractivity contribution is 9.11. The Labute approximate surface area is 124 Å². The molecule has 3 N–H and O–H groups in total. The molecule has 8 heteroatoms. The fourth-order valence-corrected chi connectivity index (χ4v) is 4.68. The maximum Gasteiger partial charge on any atom is 0.264 e. The standard InChI is InChI=1S/C11H12BrN3O2S2/c1-6-3-8(13)4-7(2)10(6)19(16,17)15-11-14-5-9(12)18-11/h3-5H,13H2,1-2H3,(H,14,15). The number of nitrogens with zero attached hydrogens (tertiary/aromatic N) is 1. The minimum absolute atomic E-state index is 0.244. The summed E-state index contributed by atoms with van der Waals surface area (Å²) in [5, 5.41) is 0.322. The van der Waals surface area contributed by atoms with Crippen LogP contribution in [0.2, 0.25) is 0 Å². The molecule has 0 saturated heterocycles. The summed E-state index contributed by atoms with van der Waals surface area (Å²) in [6.45, 7) is 3.44. The Kier molecular flexibility index (Phi) is 3.84. The van der Waals surface area contributed by atoms with Crippen LogP contribution >= 0.6 is 27.3 Å². The van der Waals surface area contributed by atoms with Crippen molar-refractivity contribution < 1.29 is 8.42 Å². The van der Waals surface area contributed by atoms with E-state index in [1.54, 1.807) is 32.2 Å². The normalized spacial score (nSPS) is 11.5. The third kappa shape index (κ3) is 3.07. The molecule has 5 nitrogen and oxygen atoms in total. The van der Waals surface area contributed by atoms with Crippen LogP contribution < -0.4 is 10.5 Å². The lowest BCUT2D eigenvalue weighted by Crippen LogP contribution is -2.15. The molecule has 2 rings (SSSR count). The van der Waals surface area contributed by atoms with E-state index in [2.05, 4.69) is 25.6 Å². The summed E-state index contributed by atoms with van der Waals surface area (Å²) in [5.41, 5.74) is 7.47. The Balaban J connectivity index is 2.45. The molecule has 19 heavy (non-hydrogen) atoms. The first-order valence-electron chi connectivity index (χ1n) is 5.30. The molecular weight excluding hydrogens is 350 g/mol. The molecule has 0 fully saturated rings. The SMILES string of the molecule is Cc1cc(N)cc(C)c1S(=O)(=O)Nc1ncc(Br)s1. The monoisotopic (exact) mass is 361 g/mol. The molecule has 1 heterocycles. The number of thiazole rings is 1. The van der Waals surface area contributed by atoms with Crippen molar-refractivity contribution in [2.45, 2.75) is 18.7 Å². The summed E-state index contributed by atoms with van der Waals surface area (Å²) in [7, 11) is -3.66. The van der Waals surface area contributed by atoms with Crippen LogP contribution in [0.25, 0.3) is 0 Å². The van der Waals surface area contributed by atoms with E-state index in [-0.39, 0.29) is 4.90 Å². The van der Waals surface area contributed by atoms with Crippen molar-refractivity contribution in [3.8, 4) is 0 Å². The lowest BCUT2D eigenvalue weighted by atomic mass is 10.1. The number of aryl methyl sites for hydroxylation is 2. The lowest BCUT2D eigenvalue weighted by Gasteiger charge is -2.12. The average Bonchev–Trinajstić information content (AvgIpc) is 2.60. The van der Waals surface area contributed by atoms with Crippen LogP contribution in [0, 0.1) is 13.8 Å². The maximum absolute atomic E-state index is 12.4. The molecule has 0 aliphatic rings. The van der Waals surface area contributed by atoms with Gasteiger partial charge in [0.25, 0.3) is 10.0 Å². The first-order chi connectivity index (χ1) is 8.79. The molecule has 0 spiro atoms. The van der Waals surface area contributed by atoms with Crippen LogP contribution in [-0.4, -0.2) is 13.4 Å². The zero-order chi connectivity index (χ0) is 14.2. The van der Waals surface area contributed by atoms with Gasteiger partial charge in [0.05, 0.1) is 14.9 Å². The van der Waals surface area contributed by atoms with E-state index >= 15 is 0 Å². The first kappa shape index (κ1) is 14.3. The average molecular weight is 362 g/mol. The van der Waals surface area contributed by atoms with Gasteiger partial charge in [-0.05, 0) is 53.0 Å². The van der Waals surface area contributed by atoms with E-state index in [9.17, 15) is 8.42 Å². The van der Waals surface area contributed by atoms with Crippen molar-refractivity contribution in [2.75, 3.05) is 10.5 Å². The summed E-state index contributed by atoms with van der Waals surface area (Å²) in [5.74, 6) is 0. The summed E-state index contributed by atoms with van der Waals surface area (Å²) >= 11 is 4.45. The quantitative estimate of drug-likeness (QED) is 0.823. The number of rotatable bonds is 3. The highest BCUT2D eigenvalue weighted by Crippen LogP contribution is 2.28. The largest absolute Gasteiger partial charge is 0.399 e. The topological polar surface area (TPSA) is 85.1 Å². The Morgan fingerprint density at radius 2 is 1.89 bits per heavy atom. The fraction of sp³-hybridized carbons (Fsp3) is 0.182. The zero-order valence-electron chi connectivity index (χ0n) is 10.3. The molecule has 2 aromatic rings. The van der Waals surface area contributed by atoms with Crippen molar-refractivity contribution >= 4 is 48.1 Å². The van der Waals surface area contributed by atoms with Gasteiger partial charge in [0.2, 0.25) is 0 Å². The number of hydrogen-bond acceptors (Lipinski definition) is 5. The number of hydrogen-bond donors (Lipinski definition) is 2. The predicted octanol–water partition coefficient (Wildman–Crippen LogP) is 2.91. The second kappa shape index (κ2) is 5.10.